The molecule has 2 aromatic rings. The second kappa shape index (κ2) is 8.89. The van der Waals surface area contributed by atoms with Gasteiger partial charge in [0.25, 0.3) is 5.56 Å². The van der Waals surface area contributed by atoms with E-state index in [0.717, 1.165) is 5.56 Å². The van der Waals surface area contributed by atoms with Crippen molar-refractivity contribution in [3.05, 3.63) is 58.0 Å². The van der Waals surface area contributed by atoms with Crippen LogP contribution in [0.4, 0.5) is 0 Å². The summed E-state index contributed by atoms with van der Waals surface area (Å²) in [5.74, 6) is 0.500. The molecule has 0 bridgehead atoms. The zero-order chi connectivity index (χ0) is 20.1. The van der Waals surface area contributed by atoms with Gasteiger partial charge in [-0.25, -0.2) is 13.4 Å². The van der Waals surface area contributed by atoms with Crippen molar-refractivity contribution >= 4 is 27.7 Å². The van der Waals surface area contributed by atoms with E-state index in [1.165, 1.54) is 28.4 Å². The van der Waals surface area contributed by atoms with Gasteiger partial charge in [-0.05, 0) is 5.56 Å². The Hall–Kier alpha value is -2.17. The third-order valence-electron chi connectivity index (χ3n) is 4.38. The average molecular weight is 423 g/mol. The predicted octanol–water partition coefficient (Wildman–Crippen LogP) is 0.708. The average Bonchev–Trinajstić information content (AvgIpc) is 2.66. The SMILES string of the molecule is CS(=O)(=O)N1CCN(C(=O)Cc2cc(=O)[nH]c(SCc3ccccc3)n2)CC1. The lowest BCUT2D eigenvalue weighted by atomic mass is 10.2. The van der Waals surface area contributed by atoms with Gasteiger partial charge in [0.1, 0.15) is 0 Å². The fourth-order valence-corrected chi connectivity index (χ4v) is 4.58. The van der Waals surface area contributed by atoms with Crippen molar-refractivity contribution in [1.82, 2.24) is 19.2 Å². The van der Waals surface area contributed by atoms with Crippen LogP contribution >= 0.6 is 11.8 Å². The molecule has 28 heavy (non-hydrogen) atoms. The number of hydrogen-bond donors (Lipinski definition) is 1. The van der Waals surface area contributed by atoms with Gasteiger partial charge in [0.15, 0.2) is 5.16 Å². The molecule has 0 aliphatic carbocycles. The molecule has 8 nitrogen and oxygen atoms in total. The first-order valence-electron chi connectivity index (χ1n) is 8.81. The lowest BCUT2D eigenvalue weighted by Gasteiger charge is -2.33. The molecule has 1 N–H and O–H groups in total. The molecule has 0 unspecified atom stereocenters. The Kier molecular flexibility index (Phi) is 6.53. The zero-order valence-electron chi connectivity index (χ0n) is 15.5. The van der Waals surface area contributed by atoms with Gasteiger partial charge in [-0.1, -0.05) is 42.1 Å². The van der Waals surface area contributed by atoms with Gasteiger partial charge < -0.3 is 9.88 Å². The monoisotopic (exact) mass is 422 g/mol. The van der Waals surface area contributed by atoms with Gasteiger partial charge in [0.2, 0.25) is 15.9 Å². The Bertz CT molecular complexity index is 984. The first kappa shape index (κ1) is 20.6. The Morgan fingerprint density at radius 2 is 1.86 bits per heavy atom. The minimum atomic E-state index is -3.24. The summed E-state index contributed by atoms with van der Waals surface area (Å²) in [4.78, 5) is 33.1. The topological polar surface area (TPSA) is 103 Å². The van der Waals surface area contributed by atoms with Crippen LogP contribution in [0, 0.1) is 0 Å². The van der Waals surface area contributed by atoms with Crippen molar-refractivity contribution in [3.8, 4) is 0 Å². The summed E-state index contributed by atoms with van der Waals surface area (Å²) < 4.78 is 24.5. The quantitative estimate of drug-likeness (QED) is 0.543. The van der Waals surface area contributed by atoms with E-state index in [0.29, 0.717) is 29.7 Å². The van der Waals surface area contributed by atoms with Gasteiger partial charge in [0.05, 0.1) is 18.4 Å². The summed E-state index contributed by atoms with van der Waals surface area (Å²) in [7, 11) is -3.24. The maximum Gasteiger partial charge on any atom is 0.251 e. The Labute approximate surface area is 168 Å². The molecule has 1 aliphatic rings. The smallest absolute Gasteiger partial charge is 0.251 e. The van der Waals surface area contributed by atoms with Gasteiger partial charge in [-0.15, -0.1) is 0 Å². The number of aromatic nitrogens is 2. The van der Waals surface area contributed by atoms with E-state index in [2.05, 4.69) is 9.97 Å². The Morgan fingerprint density at radius 1 is 1.18 bits per heavy atom. The summed E-state index contributed by atoms with van der Waals surface area (Å²) in [6, 6.07) is 11.2. The number of nitrogens with zero attached hydrogens (tertiary/aromatic N) is 3. The second-order valence-corrected chi connectivity index (χ2v) is 9.48. The Morgan fingerprint density at radius 3 is 2.50 bits per heavy atom. The molecule has 0 atom stereocenters. The third-order valence-corrected chi connectivity index (χ3v) is 6.63. The van der Waals surface area contributed by atoms with Crippen molar-refractivity contribution in [1.29, 1.82) is 0 Å². The second-order valence-electron chi connectivity index (χ2n) is 6.54. The number of benzene rings is 1. The van der Waals surface area contributed by atoms with Crippen LogP contribution < -0.4 is 5.56 Å². The van der Waals surface area contributed by atoms with E-state index in [-0.39, 0.29) is 31.0 Å². The molecule has 1 aromatic heterocycles. The number of amides is 1. The zero-order valence-corrected chi connectivity index (χ0v) is 17.1. The van der Waals surface area contributed by atoms with Crippen LogP contribution in [-0.4, -0.2) is 65.9 Å². The van der Waals surface area contributed by atoms with E-state index in [1.807, 2.05) is 30.3 Å². The summed E-state index contributed by atoms with van der Waals surface area (Å²) >= 11 is 1.40. The molecule has 1 fully saturated rings. The van der Waals surface area contributed by atoms with Crippen molar-refractivity contribution < 1.29 is 13.2 Å². The van der Waals surface area contributed by atoms with Crippen LogP contribution in [0.2, 0.25) is 0 Å². The van der Waals surface area contributed by atoms with Crippen LogP contribution in [0.3, 0.4) is 0 Å². The number of hydrogen-bond acceptors (Lipinski definition) is 6. The van der Waals surface area contributed by atoms with Crippen molar-refractivity contribution in [3.63, 3.8) is 0 Å². The van der Waals surface area contributed by atoms with Crippen molar-refractivity contribution in [2.45, 2.75) is 17.3 Å². The highest BCUT2D eigenvalue weighted by Crippen LogP contribution is 2.18. The number of rotatable bonds is 6. The molecule has 1 aliphatic heterocycles. The molecule has 1 aromatic carbocycles. The molecule has 0 radical (unpaired) electrons. The van der Waals surface area contributed by atoms with Crippen LogP contribution in [0.1, 0.15) is 11.3 Å². The number of thioether (sulfide) groups is 1. The highest BCUT2D eigenvalue weighted by Gasteiger charge is 2.26. The summed E-state index contributed by atoms with van der Waals surface area (Å²) in [5, 5.41) is 0.473. The largest absolute Gasteiger partial charge is 0.340 e. The number of carbonyl (C=O) groups excluding carboxylic acids is 1. The number of carbonyl (C=O) groups is 1. The summed E-state index contributed by atoms with van der Waals surface area (Å²) in [6.45, 7) is 1.24. The summed E-state index contributed by atoms with van der Waals surface area (Å²) in [5.41, 5.74) is 1.23. The molecule has 150 valence electrons. The molecule has 0 saturated carbocycles. The van der Waals surface area contributed by atoms with Gasteiger partial charge in [-0.3, -0.25) is 9.59 Å². The van der Waals surface area contributed by atoms with Gasteiger partial charge in [-0.2, -0.15) is 4.31 Å². The summed E-state index contributed by atoms with van der Waals surface area (Å²) in [6.07, 6.45) is 1.18. The number of nitrogens with one attached hydrogen (secondary N) is 1. The maximum absolute atomic E-state index is 12.5. The van der Waals surface area contributed by atoms with Crippen LogP contribution in [0.25, 0.3) is 0 Å². The standard InChI is InChI=1S/C18H22N4O4S2/c1-28(25,26)22-9-7-21(8-10-22)17(24)12-15-11-16(23)20-18(19-15)27-13-14-5-3-2-4-6-14/h2-6,11H,7-10,12-13H2,1H3,(H,19,20,23). The number of H-pyrrole nitrogens is 1. The molecule has 2 heterocycles. The first-order chi connectivity index (χ1) is 13.3. The molecular formula is C18H22N4O4S2. The van der Waals surface area contributed by atoms with Crippen LogP contribution in [0.5, 0.6) is 0 Å². The molecule has 1 saturated heterocycles. The van der Waals surface area contributed by atoms with E-state index in [4.69, 9.17) is 0 Å². The maximum atomic E-state index is 12.5. The predicted molar refractivity (Wildman–Crippen MR) is 108 cm³/mol. The van der Waals surface area contributed by atoms with Crippen molar-refractivity contribution in [2.75, 3.05) is 32.4 Å². The third kappa shape index (κ3) is 5.66. The van der Waals surface area contributed by atoms with E-state index in [9.17, 15) is 18.0 Å². The number of sulfonamides is 1. The van der Waals surface area contributed by atoms with E-state index in [1.54, 1.807) is 4.90 Å². The van der Waals surface area contributed by atoms with Gasteiger partial charge in [0, 0.05) is 38.0 Å². The minimum Gasteiger partial charge on any atom is -0.340 e. The van der Waals surface area contributed by atoms with E-state index < -0.39 is 10.0 Å². The lowest BCUT2D eigenvalue weighted by Crippen LogP contribution is -2.50. The number of aromatic amines is 1. The highest BCUT2D eigenvalue weighted by atomic mass is 32.2. The fraction of sp³-hybridized carbons (Fsp3) is 0.389. The fourth-order valence-electron chi connectivity index (χ4n) is 2.90. The number of piperazine rings is 1. The molecule has 3 rings (SSSR count). The molecule has 0 spiro atoms. The molecule has 1 amide bonds. The highest BCUT2D eigenvalue weighted by molar-refractivity contribution is 7.98. The normalized spacial score (nSPS) is 15.5. The Balaban J connectivity index is 1.60. The lowest BCUT2D eigenvalue weighted by molar-refractivity contribution is -0.131. The van der Waals surface area contributed by atoms with Crippen molar-refractivity contribution in [2.24, 2.45) is 0 Å². The van der Waals surface area contributed by atoms with E-state index >= 15 is 0 Å². The first-order valence-corrected chi connectivity index (χ1v) is 11.6. The van der Waals surface area contributed by atoms with Crippen LogP contribution in [0.15, 0.2) is 46.3 Å². The minimum absolute atomic E-state index is 0.0156. The molecule has 10 heteroatoms. The molecular weight excluding hydrogens is 400 g/mol. The van der Waals surface area contributed by atoms with Crippen LogP contribution in [-0.2, 0) is 27.0 Å². The van der Waals surface area contributed by atoms with Gasteiger partial charge >= 0.3 is 0 Å².